The summed E-state index contributed by atoms with van der Waals surface area (Å²) in [6, 6.07) is 27.5. The first-order chi connectivity index (χ1) is 15.6. The van der Waals surface area contributed by atoms with Crippen molar-refractivity contribution in [1.82, 2.24) is 0 Å². The summed E-state index contributed by atoms with van der Waals surface area (Å²) in [5.41, 5.74) is 2.51. The van der Waals surface area contributed by atoms with Crippen molar-refractivity contribution in [2.75, 3.05) is 17.8 Å². The largest absolute Gasteiger partial charge is 0.510 e. The highest BCUT2D eigenvalue weighted by Gasteiger charge is 2.42. The summed E-state index contributed by atoms with van der Waals surface area (Å²) >= 11 is 5.92. The lowest BCUT2D eigenvalue weighted by Crippen LogP contribution is -2.38. The van der Waals surface area contributed by atoms with E-state index < -0.39 is 11.5 Å². The summed E-state index contributed by atoms with van der Waals surface area (Å²) in [6.45, 7) is 1.86. The first kappa shape index (κ1) is 21.7. The highest BCUT2D eigenvalue weighted by atomic mass is 35.5. The molecular weight excluding hydrogens is 424 g/mol. The molecule has 5 nitrogen and oxygen atoms in total. The second kappa shape index (κ2) is 9.28. The van der Waals surface area contributed by atoms with Gasteiger partial charge in [-0.3, -0.25) is 0 Å². The van der Waals surface area contributed by atoms with Gasteiger partial charge in [-0.1, -0.05) is 78.9 Å². The first-order valence-corrected chi connectivity index (χ1v) is 10.9. The number of nitrogens with zero attached hydrogens (tertiary/aromatic N) is 1. The minimum atomic E-state index is -0.954. The van der Waals surface area contributed by atoms with E-state index in [1.165, 1.54) is 0 Å². The van der Waals surface area contributed by atoms with Gasteiger partial charge in [-0.15, -0.1) is 11.6 Å². The summed E-state index contributed by atoms with van der Waals surface area (Å²) < 4.78 is 5.21. The lowest BCUT2D eigenvalue weighted by molar-refractivity contribution is -0.138. The average molecular weight is 447 g/mol. The molecule has 1 aliphatic heterocycles. The van der Waals surface area contributed by atoms with Crippen LogP contribution in [0, 0.1) is 0 Å². The van der Waals surface area contributed by atoms with Crippen LogP contribution in [0.4, 0.5) is 5.69 Å². The van der Waals surface area contributed by atoms with E-state index in [2.05, 4.69) is 5.32 Å². The van der Waals surface area contributed by atoms with Crippen LogP contribution in [0.1, 0.15) is 23.6 Å². The summed E-state index contributed by atoms with van der Waals surface area (Å²) in [5, 5.41) is 13.8. The molecule has 3 aromatic carbocycles. The molecule has 32 heavy (non-hydrogen) atoms. The van der Waals surface area contributed by atoms with E-state index in [9.17, 15) is 9.90 Å². The third-order valence-electron chi connectivity index (χ3n) is 5.36. The summed E-state index contributed by atoms with van der Waals surface area (Å²) in [4.78, 5) is 17.9. The Balaban J connectivity index is 2.07. The summed E-state index contributed by atoms with van der Waals surface area (Å²) in [6.07, 6.45) is 0. The lowest BCUT2D eigenvalue weighted by Gasteiger charge is -2.38. The number of para-hydroxylation sites is 1. The number of carbonyl (C=O) groups is 1. The van der Waals surface area contributed by atoms with Crippen molar-refractivity contribution in [3.63, 3.8) is 0 Å². The monoisotopic (exact) mass is 446 g/mol. The molecule has 0 saturated carbocycles. The minimum absolute atomic E-state index is 0.0763. The Kier molecular flexibility index (Phi) is 6.28. The fraction of sp³-hybridized carbons (Fsp3) is 0.154. The van der Waals surface area contributed by atoms with E-state index in [-0.39, 0.29) is 29.7 Å². The molecule has 6 heteroatoms. The van der Waals surface area contributed by atoms with Crippen LogP contribution in [-0.4, -0.2) is 29.4 Å². The molecule has 0 fully saturated rings. The molecule has 0 unspecified atom stereocenters. The molecule has 4 rings (SSSR count). The van der Waals surface area contributed by atoms with Crippen LogP contribution in [0.2, 0.25) is 0 Å². The van der Waals surface area contributed by atoms with Gasteiger partial charge in [0.1, 0.15) is 22.7 Å². The van der Waals surface area contributed by atoms with Crippen LogP contribution in [0.15, 0.2) is 101 Å². The number of hydrogen-bond donors (Lipinski definition) is 2. The average Bonchev–Trinajstić information content (AvgIpc) is 2.84. The molecule has 2 N–H and O–H groups in total. The molecule has 0 aliphatic carbocycles. The molecule has 0 radical (unpaired) electrons. The molecule has 1 heterocycles. The Morgan fingerprint density at radius 1 is 0.969 bits per heavy atom. The maximum atomic E-state index is 12.8. The lowest BCUT2D eigenvalue weighted by atomic mass is 9.76. The summed E-state index contributed by atoms with van der Waals surface area (Å²) in [7, 11) is 0. The number of ether oxygens (including phenoxy) is 1. The van der Waals surface area contributed by atoms with Crippen molar-refractivity contribution in [2.24, 2.45) is 4.99 Å². The molecule has 0 amide bonds. The fourth-order valence-electron chi connectivity index (χ4n) is 4.00. The van der Waals surface area contributed by atoms with Gasteiger partial charge in [0.05, 0.1) is 12.5 Å². The van der Waals surface area contributed by atoms with Gasteiger partial charge in [-0.2, -0.15) is 0 Å². The minimum Gasteiger partial charge on any atom is -0.510 e. The number of alkyl halides is 1. The number of anilines is 1. The second-order valence-electron chi connectivity index (χ2n) is 7.25. The Hall–Kier alpha value is -3.57. The number of carbonyl (C=O) groups excluding carboxylic acids is 1. The van der Waals surface area contributed by atoms with E-state index in [0.717, 1.165) is 22.4 Å². The molecule has 0 atom stereocenters. The third-order valence-corrected chi connectivity index (χ3v) is 5.62. The maximum Gasteiger partial charge on any atom is 0.345 e. The van der Waals surface area contributed by atoms with Crippen LogP contribution in [0.5, 0.6) is 0 Å². The first-order valence-electron chi connectivity index (χ1n) is 10.3. The van der Waals surface area contributed by atoms with Gasteiger partial charge in [0.15, 0.2) is 0 Å². The number of fused-ring (bicyclic) bond motifs is 1. The molecule has 0 aromatic heterocycles. The molecular formula is C26H23ClN2O3. The van der Waals surface area contributed by atoms with Crippen LogP contribution >= 0.6 is 11.6 Å². The van der Waals surface area contributed by atoms with Crippen LogP contribution in [-0.2, 0) is 15.1 Å². The zero-order valence-corrected chi connectivity index (χ0v) is 18.3. The highest BCUT2D eigenvalue weighted by molar-refractivity contribution is 6.27. The number of allylic oxidation sites excluding steroid dienone is 1. The van der Waals surface area contributed by atoms with Gasteiger partial charge in [-0.25, -0.2) is 9.79 Å². The number of hydrogen-bond acceptors (Lipinski definition) is 5. The molecule has 3 aromatic rings. The number of halogens is 1. The Morgan fingerprint density at radius 2 is 1.53 bits per heavy atom. The topological polar surface area (TPSA) is 70.9 Å². The zero-order chi connectivity index (χ0) is 22.6. The number of benzene rings is 3. The number of nitrogens with one attached hydrogen (secondary N) is 1. The van der Waals surface area contributed by atoms with Crippen LogP contribution in [0.3, 0.4) is 0 Å². The van der Waals surface area contributed by atoms with Gasteiger partial charge in [0, 0.05) is 11.3 Å². The molecule has 0 saturated heterocycles. The quantitative estimate of drug-likeness (QED) is 0.229. The van der Waals surface area contributed by atoms with Gasteiger partial charge in [-0.05, 0) is 24.1 Å². The van der Waals surface area contributed by atoms with Gasteiger partial charge in [0.25, 0.3) is 0 Å². The van der Waals surface area contributed by atoms with E-state index in [4.69, 9.17) is 21.3 Å². The van der Waals surface area contributed by atoms with Crippen molar-refractivity contribution >= 4 is 29.1 Å². The molecule has 162 valence electrons. The predicted molar refractivity (Wildman–Crippen MR) is 127 cm³/mol. The second-order valence-corrected chi connectivity index (χ2v) is 7.52. The smallest absolute Gasteiger partial charge is 0.345 e. The van der Waals surface area contributed by atoms with Gasteiger partial charge in [0.2, 0.25) is 0 Å². The van der Waals surface area contributed by atoms with E-state index >= 15 is 0 Å². The number of aliphatic imine (C=N–C) groups is 1. The van der Waals surface area contributed by atoms with Crippen molar-refractivity contribution < 1.29 is 14.6 Å². The van der Waals surface area contributed by atoms with E-state index in [1.807, 2.05) is 84.9 Å². The molecule has 0 bridgehead atoms. The fourth-order valence-corrected chi connectivity index (χ4v) is 4.13. The number of aliphatic hydroxyl groups excluding tert-OH is 1. The number of aliphatic hydroxyl groups is 1. The molecule has 1 aliphatic rings. The van der Waals surface area contributed by atoms with Gasteiger partial charge >= 0.3 is 5.97 Å². The zero-order valence-electron chi connectivity index (χ0n) is 17.6. The third kappa shape index (κ3) is 3.76. The molecule has 0 spiro atoms. The van der Waals surface area contributed by atoms with Crippen LogP contribution < -0.4 is 5.32 Å². The number of rotatable bonds is 6. The predicted octanol–water partition coefficient (Wildman–Crippen LogP) is 5.42. The Labute approximate surface area is 192 Å². The highest BCUT2D eigenvalue weighted by Crippen LogP contribution is 2.46. The van der Waals surface area contributed by atoms with Crippen molar-refractivity contribution in [3.05, 3.63) is 113 Å². The summed E-state index contributed by atoms with van der Waals surface area (Å²) in [5.74, 6) is -1.04. The number of amidine groups is 1. The van der Waals surface area contributed by atoms with Gasteiger partial charge < -0.3 is 15.2 Å². The Morgan fingerprint density at radius 3 is 2.09 bits per heavy atom. The van der Waals surface area contributed by atoms with Crippen molar-refractivity contribution in [2.45, 2.75) is 12.5 Å². The maximum absolute atomic E-state index is 12.8. The van der Waals surface area contributed by atoms with E-state index in [0.29, 0.717) is 0 Å². The normalized spacial score (nSPS) is 15.0. The van der Waals surface area contributed by atoms with Crippen LogP contribution in [0.25, 0.3) is 0 Å². The Bertz CT molecular complexity index is 1130. The van der Waals surface area contributed by atoms with Crippen molar-refractivity contribution in [1.29, 1.82) is 0 Å². The van der Waals surface area contributed by atoms with E-state index in [1.54, 1.807) is 6.92 Å². The number of esters is 1. The van der Waals surface area contributed by atoms with Crippen molar-refractivity contribution in [3.8, 4) is 0 Å². The standard InChI is InChI=1S/C26H23ClN2O3/c1-2-32-25(31)23(22(30)17-27)24-28-21-16-10-9-15-20(21)26(29-24,18-11-5-3-6-12-18)19-13-7-4-8-14-19/h3-16,30H,2,17H2,1H3,(H,28,29). The SMILES string of the molecule is CCOC(=O)C(C1=NC(c2ccccc2)(c2ccccc2)c2ccccc2N1)=C(O)CCl.